The van der Waals surface area contributed by atoms with Crippen molar-refractivity contribution in [2.45, 2.75) is 25.0 Å². The van der Waals surface area contributed by atoms with Gasteiger partial charge in [-0.05, 0) is 30.5 Å². The van der Waals surface area contributed by atoms with E-state index in [-0.39, 0.29) is 5.82 Å². The fourth-order valence-electron chi connectivity index (χ4n) is 2.50. The molecule has 0 bridgehead atoms. The molecule has 0 saturated carbocycles. The van der Waals surface area contributed by atoms with E-state index in [4.69, 9.17) is 0 Å². The zero-order valence-electron chi connectivity index (χ0n) is 12.8. The van der Waals surface area contributed by atoms with Crippen molar-refractivity contribution in [1.29, 1.82) is 0 Å². The Kier molecular flexibility index (Phi) is 6.36. The van der Waals surface area contributed by atoms with E-state index in [1.165, 1.54) is 12.5 Å². The third-order valence-corrected chi connectivity index (χ3v) is 5.06. The molecule has 1 atom stereocenters. The maximum atomic E-state index is 13.1. The van der Waals surface area contributed by atoms with Gasteiger partial charge >= 0.3 is 0 Å². The summed E-state index contributed by atoms with van der Waals surface area (Å²) in [6.07, 6.45) is 2.00. The summed E-state index contributed by atoms with van der Waals surface area (Å²) in [5.41, 5.74) is 1.01. The molecule has 1 N–H and O–H groups in total. The second-order valence-electron chi connectivity index (χ2n) is 5.20. The minimum atomic E-state index is -0.171. The topological polar surface area (TPSA) is 27.6 Å². The van der Waals surface area contributed by atoms with E-state index in [9.17, 15) is 4.39 Å². The van der Waals surface area contributed by atoms with Gasteiger partial charge in [-0.1, -0.05) is 19.1 Å². The number of aliphatic imine (C=N–C) groups is 1. The zero-order chi connectivity index (χ0) is 15.1. The summed E-state index contributed by atoms with van der Waals surface area (Å²) >= 11 is 2.05. The van der Waals surface area contributed by atoms with Crippen molar-refractivity contribution < 1.29 is 4.39 Å². The summed E-state index contributed by atoms with van der Waals surface area (Å²) in [4.78, 5) is 6.71. The molecule has 0 spiro atoms. The molecule has 21 heavy (non-hydrogen) atoms. The summed E-state index contributed by atoms with van der Waals surface area (Å²) in [5.74, 6) is 1.95. The minimum Gasteiger partial charge on any atom is -0.356 e. The van der Waals surface area contributed by atoms with Crippen LogP contribution in [0.3, 0.4) is 0 Å². The van der Waals surface area contributed by atoms with Gasteiger partial charge in [-0.15, -0.1) is 0 Å². The first-order valence-corrected chi connectivity index (χ1v) is 8.59. The Labute approximate surface area is 131 Å². The van der Waals surface area contributed by atoms with E-state index in [0.717, 1.165) is 43.3 Å². The van der Waals surface area contributed by atoms with E-state index in [1.807, 2.05) is 13.1 Å². The Morgan fingerprint density at radius 3 is 3.10 bits per heavy atom. The maximum Gasteiger partial charge on any atom is 0.193 e. The van der Waals surface area contributed by atoms with Gasteiger partial charge in [0.15, 0.2) is 5.96 Å². The summed E-state index contributed by atoms with van der Waals surface area (Å²) < 4.78 is 13.1. The second-order valence-corrected chi connectivity index (χ2v) is 6.61. The number of thioether (sulfide) groups is 1. The van der Waals surface area contributed by atoms with Crippen LogP contribution in [0.4, 0.5) is 4.39 Å². The molecule has 1 aliphatic rings. The van der Waals surface area contributed by atoms with Crippen LogP contribution < -0.4 is 5.32 Å². The number of nitrogens with one attached hydrogen (secondary N) is 1. The van der Waals surface area contributed by atoms with Gasteiger partial charge in [-0.2, -0.15) is 11.8 Å². The lowest BCUT2D eigenvalue weighted by molar-refractivity contribution is 0.408. The van der Waals surface area contributed by atoms with E-state index < -0.39 is 0 Å². The van der Waals surface area contributed by atoms with Crippen molar-refractivity contribution in [3.63, 3.8) is 0 Å². The van der Waals surface area contributed by atoms with E-state index >= 15 is 0 Å². The number of hydrogen-bond donors (Lipinski definition) is 1. The van der Waals surface area contributed by atoms with Crippen molar-refractivity contribution in [3.8, 4) is 0 Å². The predicted molar refractivity (Wildman–Crippen MR) is 89.6 cm³/mol. The van der Waals surface area contributed by atoms with Gasteiger partial charge in [0, 0.05) is 37.7 Å². The highest BCUT2D eigenvalue weighted by atomic mass is 32.2. The van der Waals surface area contributed by atoms with Crippen LogP contribution >= 0.6 is 11.8 Å². The summed E-state index contributed by atoms with van der Waals surface area (Å²) in [5, 5.41) is 4.09. The highest BCUT2D eigenvalue weighted by molar-refractivity contribution is 8.00. The highest BCUT2D eigenvalue weighted by Crippen LogP contribution is 2.20. The highest BCUT2D eigenvalue weighted by Gasteiger charge is 2.21. The summed E-state index contributed by atoms with van der Waals surface area (Å²) in [6.45, 7) is 5.11. The lowest BCUT2D eigenvalue weighted by Crippen LogP contribution is -2.48. The number of guanidine groups is 1. The van der Waals surface area contributed by atoms with Gasteiger partial charge in [0.25, 0.3) is 0 Å². The summed E-state index contributed by atoms with van der Waals surface area (Å²) in [7, 11) is 1.83. The van der Waals surface area contributed by atoms with Gasteiger partial charge in [0.05, 0.1) is 0 Å². The number of nitrogens with zero attached hydrogens (tertiary/aromatic N) is 2. The van der Waals surface area contributed by atoms with E-state index in [2.05, 4.69) is 33.9 Å². The first kappa shape index (κ1) is 16.1. The SMILES string of the molecule is CCC1CN(C(=NC)NCCc2cccc(F)c2)CCS1. The number of rotatable bonds is 4. The molecule has 1 aliphatic heterocycles. The van der Waals surface area contributed by atoms with Crippen LogP contribution in [0.15, 0.2) is 29.3 Å². The molecule has 116 valence electrons. The Hall–Kier alpha value is -1.23. The molecule has 0 amide bonds. The number of hydrogen-bond acceptors (Lipinski definition) is 2. The van der Waals surface area contributed by atoms with Crippen molar-refractivity contribution in [2.75, 3.05) is 32.4 Å². The van der Waals surface area contributed by atoms with Gasteiger partial charge < -0.3 is 10.2 Å². The molecule has 1 aromatic carbocycles. The van der Waals surface area contributed by atoms with Gasteiger partial charge in [-0.25, -0.2) is 4.39 Å². The molecule has 1 saturated heterocycles. The first-order chi connectivity index (χ1) is 10.2. The van der Waals surface area contributed by atoms with E-state index in [0.29, 0.717) is 5.25 Å². The van der Waals surface area contributed by atoms with Crippen molar-refractivity contribution >= 4 is 17.7 Å². The molecule has 1 heterocycles. The third-order valence-electron chi connectivity index (χ3n) is 3.69. The van der Waals surface area contributed by atoms with Crippen LogP contribution in [0.1, 0.15) is 18.9 Å². The standard InChI is InChI=1S/C16H24FN3S/c1-3-15-12-20(9-10-21-15)16(18-2)19-8-7-13-5-4-6-14(17)11-13/h4-6,11,15H,3,7-10,12H2,1-2H3,(H,18,19). The molecule has 1 fully saturated rings. The molecule has 0 aliphatic carbocycles. The second kappa shape index (κ2) is 8.27. The Bertz CT molecular complexity index is 478. The molecule has 1 aromatic rings. The molecule has 3 nitrogen and oxygen atoms in total. The fourth-order valence-corrected chi connectivity index (χ4v) is 3.68. The quantitative estimate of drug-likeness (QED) is 0.684. The van der Waals surface area contributed by atoms with Gasteiger partial charge in [-0.3, -0.25) is 4.99 Å². The molecule has 2 rings (SSSR count). The Balaban J connectivity index is 1.82. The lowest BCUT2D eigenvalue weighted by Gasteiger charge is -2.34. The van der Waals surface area contributed by atoms with Crippen molar-refractivity contribution in [3.05, 3.63) is 35.6 Å². The molecular weight excluding hydrogens is 285 g/mol. The molecule has 5 heteroatoms. The maximum absolute atomic E-state index is 13.1. The van der Waals surface area contributed by atoms with E-state index in [1.54, 1.807) is 12.1 Å². The van der Waals surface area contributed by atoms with Crippen LogP contribution in [0.2, 0.25) is 0 Å². The molecule has 0 radical (unpaired) electrons. The van der Waals surface area contributed by atoms with Crippen molar-refractivity contribution in [1.82, 2.24) is 10.2 Å². The smallest absolute Gasteiger partial charge is 0.193 e. The van der Waals surface area contributed by atoms with Crippen LogP contribution in [0, 0.1) is 5.82 Å². The largest absolute Gasteiger partial charge is 0.356 e. The van der Waals surface area contributed by atoms with Crippen LogP contribution in [-0.4, -0.2) is 48.5 Å². The predicted octanol–water partition coefficient (Wildman–Crippen LogP) is 2.77. The molecular formula is C16H24FN3S. The number of halogens is 1. The monoisotopic (exact) mass is 309 g/mol. The van der Waals surface area contributed by atoms with Gasteiger partial charge in [0.1, 0.15) is 5.82 Å². The third kappa shape index (κ3) is 4.92. The molecule has 0 aromatic heterocycles. The Morgan fingerprint density at radius 2 is 2.38 bits per heavy atom. The van der Waals surface area contributed by atoms with Crippen molar-refractivity contribution in [2.24, 2.45) is 4.99 Å². The van der Waals surface area contributed by atoms with Gasteiger partial charge in [0.2, 0.25) is 0 Å². The zero-order valence-corrected chi connectivity index (χ0v) is 13.6. The number of benzene rings is 1. The summed E-state index contributed by atoms with van der Waals surface area (Å²) in [6, 6.07) is 6.78. The molecule has 1 unspecified atom stereocenters. The first-order valence-electron chi connectivity index (χ1n) is 7.54. The lowest BCUT2D eigenvalue weighted by atomic mass is 10.1. The average Bonchev–Trinajstić information content (AvgIpc) is 2.52. The van der Waals surface area contributed by atoms with Crippen LogP contribution in [0.25, 0.3) is 0 Å². The normalized spacial score (nSPS) is 19.7. The van der Waals surface area contributed by atoms with Crippen LogP contribution in [0.5, 0.6) is 0 Å². The van der Waals surface area contributed by atoms with Crippen LogP contribution in [-0.2, 0) is 6.42 Å². The fraction of sp³-hybridized carbons (Fsp3) is 0.562. The minimum absolute atomic E-state index is 0.171. The Morgan fingerprint density at radius 1 is 1.52 bits per heavy atom. The average molecular weight is 309 g/mol.